The molecule has 0 bridgehead atoms. The van der Waals surface area contributed by atoms with Crippen molar-refractivity contribution in [3.05, 3.63) is 139 Å². The van der Waals surface area contributed by atoms with Crippen LogP contribution in [0.1, 0.15) is 5.56 Å². The molecule has 40 heavy (non-hydrogen) atoms. The third-order valence-corrected chi connectivity index (χ3v) is 7.82. The van der Waals surface area contributed by atoms with Crippen molar-refractivity contribution in [2.75, 3.05) is 0 Å². The van der Waals surface area contributed by atoms with E-state index in [4.69, 9.17) is 4.42 Å². The minimum absolute atomic E-state index is 0.663. The first kappa shape index (κ1) is 22.4. The highest BCUT2D eigenvalue weighted by Crippen LogP contribution is 2.38. The first-order valence-corrected chi connectivity index (χ1v) is 13.3. The Morgan fingerprint density at radius 1 is 0.525 bits per heavy atom. The molecule has 0 aliphatic carbocycles. The van der Waals surface area contributed by atoms with Crippen molar-refractivity contribution < 1.29 is 4.42 Å². The number of furan rings is 1. The first-order valence-electron chi connectivity index (χ1n) is 13.3. The van der Waals surface area contributed by atoms with Gasteiger partial charge in [0.25, 0.3) is 0 Å². The molecule has 186 valence electrons. The van der Waals surface area contributed by atoms with E-state index in [1.165, 1.54) is 0 Å². The lowest BCUT2D eigenvalue weighted by Crippen LogP contribution is -1.93. The molecule has 3 nitrogen and oxygen atoms in total. The highest BCUT2D eigenvalue weighted by Gasteiger charge is 2.15. The van der Waals surface area contributed by atoms with Crippen LogP contribution in [0.15, 0.2) is 138 Å². The van der Waals surface area contributed by atoms with Crippen LogP contribution in [0, 0.1) is 11.3 Å². The summed E-state index contributed by atoms with van der Waals surface area (Å²) in [6.45, 7) is 0. The number of para-hydroxylation sites is 3. The molecule has 0 saturated heterocycles. The SMILES string of the molecule is N#Cc1ccc2c(c1)c1ccc(-c3cccc(-c4cccc5c4oc4ccccc45)c3)cc1n2-c1ccccc1. The monoisotopic (exact) mass is 510 g/mol. The molecule has 0 fully saturated rings. The molecule has 8 rings (SSSR count). The quantitative estimate of drug-likeness (QED) is 0.237. The van der Waals surface area contributed by atoms with Crippen molar-refractivity contribution in [3.8, 4) is 34.0 Å². The Balaban J connectivity index is 1.33. The number of fused-ring (bicyclic) bond motifs is 6. The van der Waals surface area contributed by atoms with Crippen LogP contribution in [0.5, 0.6) is 0 Å². The lowest BCUT2D eigenvalue weighted by Gasteiger charge is -2.10. The van der Waals surface area contributed by atoms with Gasteiger partial charge in [-0.3, -0.25) is 0 Å². The molecule has 0 aliphatic rings. The lowest BCUT2D eigenvalue weighted by atomic mass is 9.97. The topological polar surface area (TPSA) is 41.9 Å². The molecule has 0 N–H and O–H groups in total. The lowest BCUT2D eigenvalue weighted by molar-refractivity contribution is 0.670. The average Bonchev–Trinajstić information content (AvgIpc) is 3.56. The van der Waals surface area contributed by atoms with Crippen molar-refractivity contribution in [2.45, 2.75) is 0 Å². The van der Waals surface area contributed by atoms with Crippen molar-refractivity contribution >= 4 is 43.7 Å². The number of nitrogens with zero attached hydrogens (tertiary/aromatic N) is 2. The summed E-state index contributed by atoms with van der Waals surface area (Å²) in [6.07, 6.45) is 0. The van der Waals surface area contributed by atoms with E-state index in [2.05, 4.69) is 114 Å². The van der Waals surface area contributed by atoms with E-state index in [1.807, 2.05) is 30.3 Å². The molecule has 0 spiro atoms. The van der Waals surface area contributed by atoms with Crippen LogP contribution in [0.3, 0.4) is 0 Å². The number of nitriles is 1. The predicted molar refractivity (Wildman–Crippen MR) is 164 cm³/mol. The number of benzene rings is 6. The van der Waals surface area contributed by atoms with Gasteiger partial charge in [0.05, 0.1) is 22.7 Å². The van der Waals surface area contributed by atoms with Crippen LogP contribution in [0.25, 0.3) is 71.7 Å². The molecule has 0 saturated carbocycles. The van der Waals surface area contributed by atoms with Crippen molar-refractivity contribution in [3.63, 3.8) is 0 Å². The Kier molecular flexibility index (Phi) is 4.89. The fourth-order valence-electron chi connectivity index (χ4n) is 5.97. The van der Waals surface area contributed by atoms with E-state index < -0.39 is 0 Å². The maximum atomic E-state index is 9.55. The second kappa shape index (κ2) is 8.73. The second-order valence-corrected chi connectivity index (χ2v) is 10.1. The highest BCUT2D eigenvalue weighted by molar-refractivity contribution is 6.11. The predicted octanol–water partition coefficient (Wildman–Crippen LogP) is 9.89. The van der Waals surface area contributed by atoms with Gasteiger partial charge in [-0.25, -0.2) is 0 Å². The summed E-state index contributed by atoms with van der Waals surface area (Å²) < 4.78 is 8.62. The van der Waals surface area contributed by atoms with Gasteiger partial charge in [0.15, 0.2) is 0 Å². The van der Waals surface area contributed by atoms with Crippen LogP contribution in [0.4, 0.5) is 0 Å². The molecule has 0 atom stereocenters. The maximum absolute atomic E-state index is 9.55. The highest BCUT2D eigenvalue weighted by atomic mass is 16.3. The summed E-state index contributed by atoms with van der Waals surface area (Å²) in [7, 11) is 0. The van der Waals surface area contributed by atoms with E-state index in [-0.39, 0.29) is 0 Å². The first-order chi connectivity index (χ1) is 19.8. The second-order valence-electron chi connectivity index (χ2n) is 10.1. The Labute approximate surface area is 230 Å². The maximum Gasteiger partial charge on any atom is 0.143 e. The summed E-state index contributed by atoms with van der Waals surface area (Å²) in [4.78, 5) is 0. The third kappa shape index (κ3) is 3.37. The largest absolute Gasteiger partial charge is 0.455 e. The van der Waals surface area contributed by atoms with E-state index in [1.54, 1.807) is 0 Å². The summed E-state index contributed by atoms with van der Waals surface area (Å²) in [5, 5.41) is 14.0. The van der Waals surface area contributed by atoms with E-state index in [9.17, 15) is 5.26 Å². The van der Waals surface area contributed by atoms with Crippen LogP contribution in [-0.4, -0.2) is 4.57 Å². The molecule has 2 aromatic heterocycles. The number of rotatable bonds is 3. The minimum atomic E-state index is 0.663. The molecule has 8 aromatic rings. The summed E-state index contributed by atoms with van der Waals surface area (Å²) in [5.41, 5.74) is 10.2. The fourth-order valence-corrected chi connectivity index (χ4v) is 5.97. The molecule has 0 radical (unpaired) electrons. The Hall–Kier alpha value is -5.59. The zero-order valence-electron chi connectivity index (χ0n) is 21.5. The van der Waals surface area contributed by atoms with E-state index >= 15 is 0 Å². The molecule has 0 aliphatic heterocycles. The third-order valence-electron chi connectivity index (χ3n) is 7.82. The van der Waals surface area contributed by atoms with Gasteiger partial charge in [-0.15, -0.1) is 0 Å². The zero-order valence-corrected chi connectivity index (χ0v) is 21.5. The molecule has 3 heteroatoms. The van der Waals surface area contributed by atoms with Gasteiger partial charge in [0, 0.05) is 32.8 Å². The molecule has 0 unspecified atom stereocenters. The van der Waals surface area contributed by atoms with Crippen molar-refractivity contribution in [2.24, 2.45) is 0 Å². The van der Waals surface area contributed by atoms with Crippen molar-refractivity contribution in [1.29, 1.82) is 5.26 Å². The standard InChI is InChI=1S/C37H22N2O/c38-23-24-16-19-34-33(20-24)30-18-17-26(22-35(30)39(34)28-10-2-1-3-11-28)25-8-6-9-27(21-25)29-13-7-14-32-31-12-4-5-15-36(31)40-37(29)32/h1-22H. The van der Waals surface area contributed by atoms with E-state index in [0.717, 1.165) is 71.7 Å². The van der Waals surface area contributed by atoms with Gasteiger partial charge in [-0.05, 0) is 65.2 Å². The number of aromatic nitrogens is 1. The zero-order chi connectivity index (χ0) is 26.6. The number of hydrogen-bond donors (Lipinski definition) is 0. The molecular weight excluding hydrogens is 488 g/mol. The van der Waals surface area contributed by atoms with Gasteiger partial charge in [0.1, 0.15) is 11.2 Å². The average molecular weight is 511 g/mol. The van der Waals surface area contributed by atoms with Crippen LogP contribution < -0.4 is 0 Å². The molecule has 6 aromatic carbocycles. The van der Waals surface area contributed by atoms with Gasteiger partial charge in [0.2, 0.25) is 0 Å². The minimum Gasteiger partial charge on any atom is -0.455 e. The van der Waals surface area contributed by atoms with E-state index in [0.29, 0.717) is 5.56 Å². The van der Waals surface area contributed by atoms with Gasteiger partial charge >= 0.3 is 0 Å². The molecular formula is C37H22N2O. The summed E-state index contributed by atoms with van der Waals surface area (Å²) >= 11 is 0. The summed E-state index contributed by atoms with van der Waals surface area (Å²) in [6, 6.07) is 48.5. The van der Waals surface area contributed by atoms with Crippen LogP contribution in [-0.2, 0) is 0 Å². The molecule has 2 heterocycles. The number of hydrogen-bond acceptors (Lipinski definition) is 2. The van der Waals surface area contributed by atoms with Gasteiger partial charge in [-0.1, -0.05) is 84.9 Å². The molecule has 0 amide bonds. The normalized spacial score (nSPS) is 11.5. The smallest absolute Gasteiger partial charge is 0.143 e. The Morgan fingerprint density at radius 3 is 2.20 bits per heavy atom. The Morgan fingerprint density at radius 2 is 1.30 bits per heavy atom. The fraction of sp³-hybridized carbons (Fsp3) is 0. The van der Waals surface area contributed by atoms with Crippen LogP contribution in [0.2, 0.25) is 0 Å². The van der Waals surface area contributed by atoms with Gasteiger partial charge < -0.3 is 8.98 Å². The van der Waals surface area contributed by atoms with Crippen molar-refractivity contribution in [1.82, 2.24) is 4.57 Å². The Bertz CT molecular complexity index is 2280. The van der Waals surface area contributed by atoms with Gasteiger partial charge in [-0.2, -0.15) is 5.26 Å². The summed E-state index contributed by atoms with van der Waals surface area (Å²) in [5.74, 6) is 0. The van der Waals surface area contributed by atoms with Crippen LogP contribution >= 0.6 is 0 Å².